The van der Waals surface area contributed by atoms with Gasteiger partial charge < -0.3 is 0 Å². The van der Waals surface area contributed by atoms with Crippen molar-refractivity contribution in [2.24, 2.45) is 0 Å². The van der Waals surface area contributed by atoms with Gasteiger partial charge in [-0.1, -0.05) is 0 Å². The van der Waals surface area contributed by atoms with E-state index in [1.807, 2.05) is 0 Å². The van der Waals surface area contributed by atoms with E-state index in [0.717, 1.165) is 0 Å². The summed E-state index contributed by atoms with van der Waals surface area (Å²) in [5.41, 5.74) is 0. The van der Waals surface area contributed by atoms with Gasteiger partial charge in [-0.2, -0.15) is 0 Å². The summed E-state index contributed by atoms with van der Waals surface area (Å²) >= 11 is 0. The second kappa shape index (κ2) is 27.2. The topological polar surface area (TPSA) is 0 Å². The molecule has 0 aliphatic rings. The second-order valence-corrected chi connectivity index (χ2v) is 0. The largest absolute Gasteiger partial charge is 0.0149 e. The Morgan fingerprint density at radius 1 is 1.00 bits per heavy atom. The van der Waals surface area contributed by atoms with Gasteiger partial charge in [0.15, 0.2) is 17.4 Å². The third-order valence-corrected chi connectivity index (χ3v) is 0. The van der Waals surface area contributed by atoms with Crippen molar-refractivity contribution in [3.63, 3.8) is 0 Å². The first kappa shape index (κ1) is 41.8. The molecule has 0 atom stereocenters. The molecular weight excluding hydrogens is 213 g/mol. The minimum atomic E-state index is 0. The number of hydrogen-bond acceptors (Lipinski definition) is 0. The molecule has 0 saturated heterocycles. The zero-order chi connectivity index (χ0) is 0. The molecule has 0 nitrogen and oxygen atoms in total. The summed E-state index contributed by atoms with van der Waals surface area (Å²) in [4.78, 5) is 0. The summed E-state index contributed by atoms with van der Waals surface area (Å²) in [6.07, 6.45) is 0. The van der Waals surface area contributed by atoms with Crippen LogP contribution in [0.1, 0.15) is 0 Å². The SMILES string of the molecule is [AlH3].[CaH2].[Cr].[SiH4].[Zn]. The molecule has 0 amide bonds. The molecule has 0 N–H and O–H groups in total. The van der Waals surface area contributed by atoms with E-state index in [-0.39, 0.29) is 103 Å². The average Bonchev–Trinajstić information content (AvgIpc) is 0. The van der Waals surface area contributed by atoms with Crippen LogP contribution in [-0.4, -0.2) is 66.1 Å². The van der Waals surface area contributed by atoms with Gasteiger partial charge in [-0.15, -0.1) is 0 Å². The van der Waals surface area contributed by atoms with Crippen molar-refractivity contribution in [3.05, 3.63) is 0 Å². The molecule has 0 spiro atoms. The van der Waals surface area contributed by atoms with Crippen LogP contribution in [0.4, 0.5) is 0 Å². The van der Waals surface area contributed by atoms with Crippen LogP contribution in [0.25, 0.3) is 0 Å². The summed E-state index contributed by atoms with van der Waals surface area (Å²) in [7, 11) is 0. The molecule has 0 fully saturated rings. The van der Waals surface area contributed by atoms with Gasteiger partial charge in [0.05, 0.1) is 0 Å². The standard InChI is InChI=1S/Al.Ca.Cr.H4Si.Zn.5H/h;;;1H4;;;;;;. The summed E-state index contributed by atoms with van der Waals surface area (Å²) < 4.78 is 0. The van der Waals surface area contributed by atoms with E-state index in [0.29, 0.717) is 0 Å². The summed E-state index contributed by atoms with van der Waals surface area (Å²) in [6, 6.07) is 0. The molecule has 26 valence electrons. The Morgan fingerprint density at radius 2 is 1.00 bits per heavy atom. The monoisotopic (exact) mass is 220 g/mol. The van der Waals surface area contributed by atoms with Crippen molar-refractivity contribution < 1.29 is 36.8 Å². The van der Waals surface area contributed by atoms with Crippen LogP contribution in [0.3, 0.4) is 0 Å². The maximum absolute atomic E-state index is 0. The third kappa shape index (κ3) is 19.1. The first-order chi connectivity index (χ1) is 0. The summed E-state index contributed by atoms with van der Waals surface area (Å²) in [5.74, 6) is 0. The van der Waals surface area contributed by atoms with Gasteiger partial charge in [-0.05, 0) is 11.0 Å². The molecule has 0 bridgehead atoms. The molecule has 0 aromatic heterocycles. The molecular formula is H9AlCaCrSiZn. The quantitative estimate of drug-likeness (QED) is 0.372. The predicted octanol–water partition coefficient (Wildman–Crippen LogP) is -3.56. The van der Waals surface area contributed by atoms with Crippen LogP contribution in [0.2, 0.25) is 0 Å². The Hall–Kier alpha value is 3.16. The zero-order valence-electron chi connectivity index (χ0n) is 1.12. The molecule has 0 aromatic rings. The van der Waals surface area contributed by atoms with Gasteiger partial charge >= 0.3 is 37.7 Å². The van der Waals surface area contributed by atoms with Crippen molar-refractivity contribution in [3.8, 4) is 0 Å². The van der Waals surface area contributed by atoms with E-state index in [1.54, 1.807) is 0 Å². The summed E-state index contributed by atoms with van der Waals surface area (Å²) in [6.45, 7) is 0. The van der Waals surface area contributed by atoms with Gasteiger partial charge in [0, 0.05) is 36.8 Å². The van der Waals surface area contributed by atoms with Crippen molar-refractivity contribution in [2.45, 2.75) is 0 Å². The van der Waals surface area contributed by atoms with E-state index in [1.165, 1.54) is 0 Å². The molecule has 0 aromatic carbocycles. The van der Waals surface area contributed by atoms with E-state index in [4.69, 9.17) is 0 Å². The molecule has 0 rings (SSSR count). The average molecular weight is 222 g/mol. The fourth-order valence-electron chi connectivity index (χ4n) is 0. The molecule has 0 unspecified atom stereocenters. The molecule has 0 radical (unpaired) electrons. The van der Waals surface area contributed by atoms with Crippen molar-refractivity contribution in [2.75, 3.05) is 0 Å². The fraction of sp³-hybridized carbons (Fsp3) is 0. The van der Waals surface area contributed by atoms with Gasteiger partial charge in [-0.25, -0.2) is 0 Å². The Bertz CT molecular complexity index is 11.6. The van der Waals surface area contributed by atoms with E-state index in [9.17, 15) is 0 Å². The number of rotatable bonds is 0. The first-order valence-corrected chi connectivity index (χ1v) is 0. The molecule has 0 aliphatic heterocycles. The Labute approximate surface area is 101 Å². The van der Waals surface area contributed by atoms with Gasteiger partial charge in [0.25, 0.3) is 0 Å². The van der Waals surface area contributed by atoms with Crippen molar-refractivity contribution in [1.82, 2.24) is 0 Å². The van der Waals surface area contributed by atoms with Crippen LogP contribution in [0.5, 0.6) is 0 Å². The molecule has 5 heteroatoms. The van der Waals surface area contributed by atoms with E-state index in [2.05, 4.69) is 0 Å². The summed E-state index contributed by atoms with van der Waals surface area (Å²) in [5, 5.41) is 0. The smallest absolute Gasteiger partial charge is 0 e. The van der Waals surface area contributed by atoms with Crippen molar-refractivity contribution >= 4 is 66.1 Å². The van der Waals surface area contributed by atoms with Gasteiger partial charge in [0.2, 0.25) is 0 Å². The van der Waals surface area contributed by atoms with E-state index < -0.39 is 0 Å². The van der Waals surface area contributed by atoms with Crippen LogP contribution in [0.15, 0.2) is 0 Å². The van der Waals surface area contributed by atoms with E-state index >= 15 is 0 Å². The molecule has 0 aliphatic carbocycles. The van der Waals surface area contributed by atoms with Crippen LogP contribution >= 0.6 is 0 Å². The number of hydrogen-bond donors (Lipinski definition) is 0. The molecule has 5 heavy (non-hydrogen) atoms. The zero-order valence-corrected chi connectivity index (χ0v) is 5.36. The minimum absolute atomic E-state index is 0. The van der Waals surface area contributed by atoms with Crippen LogP contribution in [0, 0.1) is 0 Å². The van der Waals surface area contributed by atoms with Crippen molar-refractivity contribution in [1.29, 1.82) is 0 Å². The Kier molecular flexibility index (Phi) is 228. The second-order valence-electron chi connectivity index (χ2n) is 0. The maximum atomic E-state index is 0. The maximum Gasteiger partial charge on any atom is 0 e. The first-order valence-electron chi connectivity index (χ1n) is 0. The minimum Gasteiger partial charge on any atom is -0.0149 e. The predicted molar refractivity (Wildman–Crippen MR) is 29.8 cm³/mol. The van der Waals surface area contributed by atoms with Crippen LogP contribution in [-0.2, 0) is 36.8 Å². The molecule has 0 saturated carbocycles. The Morgan fingerprint density at radius 3 is 1.00 bits per heavy atom. The molecule has 0 heterocycles. The third-order valence-electron chi connectivity index (χ3n) is 0. The fourth-order valence-corrected chi connectivity index (χ4v) is 0. The Balaban J connectivity index is 0. The van der Waals surface area contributed by atoms with Crippen LogP contribution < -0.4 is 0 Å². The normalized spacial score (nSPS) is 0. The van der Waals surface area contributed by atoms with Gasteiger partial charge in [0.1, 0.15) is 0 Å². The van der Waals surface area contributed by atoms with Gasteiger partial charge in [-0.3, -0.25) is 0 Å².